The van der Waals surface area contributed by atoms with Crippen molar-refractivity contribution in [3.63, 3.8) is 0 Å². The molecule has 0 aromatic heterocycles. The Bertz CT molecular complexity index is 368. The molecule has 144 valence electrons. The largest absolute Gasteiger partial charge is 0.377 e. The lowest BCUT2D eigenvalue weighted by Gasteiger charge is -2.31. The van der Waals surface area contributed by atoms with E-state index in [1.165, 1.54) is 0 Å². The highest BCUT2D eigenvalue weighted by molar-refractivity contribution is 5.81. The fourth-order valence-electron chi connectivity index (χ4n) is 2.81. The molecule has 0 aliphatic heterocycles. The highest BCUT2D eigenvalue weighted by Gasteiger charge is 2.32. The SMILES string of the molecule is CC(C)CCOC(C)(C)COCCNC(=O)C(C)(C)CC(C)(C)C. The van der Waals surface area contributed by atoms with Crippen molar-refractivity contribution in [2.24, 2.45) is 16.7 Å². The van der Waals surface area contributed by atoms with Crippen molar-refractivity contribution < 1.29 is 14.3 Å². The number of rotatable bonds is 11. The van der Waals surface area contributed by atoms with Gasteiger partial charge >= 0.3 is 0 Å². The van der Waals surface area contributed by atoms with Crippen LogP contribution in [0.5, 0.6) is 0 Å². The molecule has 0 fully saturated rings. The van der Waals surface area contributed by atoms with Gasteiger partial charge in [-0.2, -0.15) is 0 Å². The Labute approximate surface area is 150 Å². The van der Waals surface area contributed by atoms with Crippen LogP contribution in [0.2, 0.25) is 0 Å². The second-order valence-corrected chi connectivity index (χ2v) is 9.72. The molecule has 0 bridgehead atoms. The van der Waals surface area contributed by atoms with Gasteiger partial charge in [0, 0.05) is 18.6 Å². The number of amides is 1. The molecule has 1 N–H and O–H groups in total. The van der Waals surface area contributed by atoms with Crippen LogP contribution in [0.1, 0.15) is 75.2 Å². The molecule has 4 heteroatoms. The molecule has 0 aliphatic carbocycles. The van der Waals surface area contributed by atoms with Crippen LogP contribution in [0.3, 0.4) is 0 Å². The summed E-state index contributed by atoms with van der Waals surface area (Å²) in [7, 11) is 0. The number of hydrogen-bond acceptors (Lipinski definition) is 3. The predicted molar refractivity (Wildman–Crippen MR) is 101 cm³/mol. The van der Waals surface area contributed by atoms with Crippen LogP contribution in [-0.4, -0.2) is 37.9 Å². The lowest BCUT2D eigenvalue weighted by Crippen LogP contribution is -2.41. The van der Waals surface area contributed by atoms with Gasteiger partial charge in [0.15, 0.2) is 0 Å². The molecule has 24 heavy (non-hydrogen) atoms. The van der Waals surface area contributed by atoms with Gasteiger partial charge in [-0.05, 0) is 38.0 Å². The average molecular weight is 344 g/mol. The Kier molecular flexibility index (Phi) is 9.52. The van der Waals surface area contributed by atoms with Gasteiger partial charge in [-0.25, -0.2) is 0 Å². The quantitative estimate of drug-likeness (QED) is 0.565. The first kappa shape index (κ1) is 23.4. The van der Waals surface area contributed by atoms with Gasteiger partial charge in [-0.15, -0.1) is 0 Å². The van der Waals surface area contributed by atoms with Crippen LogP contribution in [0.25, 0.3) is 0 Å². The maximum absolute atomic E-state index is 12.3. The van der Waals surface area contributed by atoms with E-state index >= 15 is 0 Å². The molecule has 0 aliphatic rings. The second kappa shape index (κ2) is 9.76. The Morgan fingerprint density at radius 1 is 1.00 bits per heavy atom. The van der Waals surface area contributed by atoms with Gasteiger partial charge in [-0.3, -0.25) is 4.79 Å². The molecule has 0 heterocycles. The van der Waals surface area contributed by atoms with Gasteiger partial charge in [0.25, 0.3) is 0 Å². The van der Waals surface area contributed by atoms with Crippen molar-refractivity contribution in [1.82, 2.24) is 5.32 Å². The molecule has 0 aromatic carbocycles. The molecule has 0 saturated carbocycles. The van der Waals surface area contributed by atoms with Crippen LogP contribution in [0.4, 0.5) is 0 Å². The first-order chi connectivity index (χ1) is 10.8. The summed E-state index contributed by atoms with van der Waals surface area (Å²) in [6.45, 7) is 21.3. The number of ether oxygens (including phenoxy) is 2. The number of hydrogen-bond donors (Lipinski definition) is 1. The number of carbonyl (C=O) groups excluding carboxylic acids is 1. The molecule has 0 unspecified atom stereocenters. The van der Waals surface area contributed by atoms with Crippen LogP contribution in [0, 0.1) is 16.7 Å². The average Bonchev–Trinajstić information content (AvgIpc) is 2.34. The van der Waals surface area contributed by atoms with Crippen molar-refractivity contribution in [2.45, 2.75) is 80.8 Å². The lowest BCUT2D eigenvalue weighted by atomic mass is 9.76. The monoisotopic (exact) mass is 343 g/mol. The summed E-state index contributed by atoms with van der Waals surface area (Å²) in [5.74, 6) is 0.738. The molecule has 0 saturated heterocycles. The van der Waals surface area contributed by atoms with Gasteiger partial charge in [0.1, 0.15) is 0 Å². The zero-order valence-electron chi connectivity index (χ0n) is 17.5. The second-order valence-electron chi connectivity index (χ2n) is 9.72. The Morgan fingerprint density at radius 3 is 2.08 bits per heavy atom. The fraction of sp³-hybridized carbons (Fsp3) is 0.950. The van der Waals surface area contributed by atoms with E-state index in [9.17, 15) is 4.79 Å². The first-order valence-corrected chi connectivity index (χ1v) is 9.25. The first-order valence-electron chi connectivity index (χ1n) is 9.25. The molecule has 1 amide bonds. The van der Waals surface area contributed by atoms with Crippen LogP contribution in [0.15, 0.2) is 0 Å². The minimum absolute atomic E-state index is 0.0912. The predicted octanol–water partition coefficient (Wildman–Crippen LogP) is 4.42. The van der Waals surface area contributed by atoms with Crippen molar-refractivity contribution in [1.29, 1.82) is 0 Å². The normalized spacial score (nSPS) is 13.4. The molecular formula is C20H41NO3. The molecule has 0 atom stereocenters. The van der Waals surface area contributed by atoms with Crippen LogP contribution >= 0.6 is 0 Å². The van der Waals surface area contributed by atoms with E-state index < -0.39 is 0 Å². The van der Waals surface area contributed by atoms with Crippen LogP contribution in [-0.2, 0) is 14.3 Å². The van der Waals surface area contributed by atoms with Gasteiger partial charge < -0.3 is 14.8 Å². The van der Waals surface area contributed by atoms with Crippen LogP contribution < -0.4 is 5.32 Å². The van der Waals surface area contributed by atoms with Crippen molar-refractivity contribution >= 4 is 5.91 Å². The van der Waals surface area contributed by atoms with E-state index in [-0.39, 0.29) is 22.3 Å². The Balaban J connectivity index is 3.98. The van der Waals surface area contributed by atoms with E-state index in [4.69, 9.17) is 9.47 Å². The van der Waals surface area contributed by atoms with Crippen molar-refractivity contribution in [2.75, 3.05) is 26.4 Å². The third kappa shape index (κ3) is 11.9. The smallest absolute Gasteiger partial charge is 0.225 e. The lowest BCUT2D eigenvalue weighted by molar-refractivity contribution is -0.131. The molecule has 0 rings (SSSR count). The highest BCUT2D eigenvalue weighted by atomic mass is 16.5. The number of carbonyl (C=O) groups is 1. The van der Waals surface area contributed by atoms with Crippen molar-refractivity contribution in [3.8, 4) is 0 Å². The Morgan fingerprint density at radius 2 is 1.58 bits per heavy atom. The third-order valence-electron chi connectivity index (χ3n) is 3.76. The van der Waals surface area contributed by atoms with E-state index in [0.29, 0.717) is 25.7 Å². The summed E-state index contributed by atoms with van der Waals surface area (Å²) in [6, 6.07) is 0. The summed E-state index contributed by atoms with van der Waals surface area (Å²) in [5, 5.41) is 2.99. The van der Waals surface area contributed by atoms with E-state index in [1.54, 1.807) is 0 Å². The summed E-state index contributed by atoms with van der Waals surface area (Å²) < 4.78 is 11.5. The van der Waals surface area contributed by atoms with Gasteiger partial charge in [-0.1, -0.05) is 48.5 Å². The molecule has 0 spiro atoms. The molecular weight excluding hydrogens is 302 g/mol. The molecule has 0 aromatic rings. The highest BCUT2D eigenvalue weighted by Crippen LogP contribution is 2.33. The minimum Gasteiger partial charge on any atom is -0.377 e. The summed E-state index contributed by atoms with van der Waals surface area (Å²) >= 11 is 0. The van der Waals surface area contributed by atoms with E-state index in [2.05, 4.69) is 39.9 Å². The maximum Gasteiger partial charge on any atom is 0.225 e. The van der Waals surface area contributed by atoms with E-state index in [1.807, 2.05) is 27.7 Å². The van der Waals surface area contributed by atoms with Crippen molar-refractivity contribution in [3.05, 3.63) is 0 Å². The third-order valence-corrected chi connectivity index (χ3v) is 3.76. The molecule has 4 nitrogen and oxygen atoms in total. The minimum atomic E-state index is -0.364. The molecule has 0 radical (unpaired) electrons. The fourth-order valence-corrected chi connectivity index (χ4v) is 2.81. The van der Waals surface area contributed by atoms with Gasteiger partial charge in [0.05, 0.1) is 18.8 Å². The maximum atomic E-state index is 12.3. The topological polar surface area (TPSA) is 47.6 Å². The van der Waals surface area contributed by atoms with E-state index in [0.717, 1.165) is 19.4 Å². The zero-order valence-corrected chi connectivity index (χ0v) is 17.5. The number of nitrogens with one attached hydrogen (secondary N) is 1. The van der Waals surface area contributed by atoms with Gasteiger partial charge in [0.2, 0.25) is 5.91 Å². The Hall–Kier alpha value is -0.610. The summed E-state index contributed by atoms with van der Waals surface area (Å²) in [6.07, 6.45) is 1.91. The summed E-state index contributed by atoms with van der Waals surface area (Å²) in [4.78, 5) is 12.3. The zero-order chi connectivity index (χ0) is 19.0. The summed E-state index contributed by atoms with van der Waals surface area (Å²) in [5.41, 5.74) is -0.517. The standard InChI is InChI=1S/C20H41NO3/c1-16(2)10-12-24-20(8,9)15-23-13-11-21-17(22)19(6,7)14-18(3,4)5/h16H,10-15H2,1-9H3,(H,21,22).